The van der Waals surface area contributed by atoms with Gasteiger partial charge in [-0.1, -0.05) is 6.07 Å². The molecule has 3 N–H and O–H groups in total. The van der Waals surface area contributed by atoms with Gasteiger partial charge in [0.15, 0.2) is 0 Å². The highest BCUT2D eigenvalue weighted by Crippen LogP contribution is 2.21. The molecular formula is C11H15FN2O2S. The summed E-state index contributed by atoms with van der Waals surface area (Å²) in [4.78, 5) is -0.0407. The smallest absolute Gasteiger partial charge is 0.240 e. The summed E-state index contributed by atoms with van der Waals surface area (Å²) >= 11 is 0. The number of nitrogens with two attached hydrogens (primary N) is 1. The van der Waals surface area contributed by atoms with E-state index in [0.717, 1.165) is 6.07 Å². The Bertz CT molecular complexity index is 524. The van der Waals surface area contributed by atoms with Gasteiger partial charge in [-0.3, -0.25) is 0 Å². The fraction of sp³-hybridized carbons (Fsp3) is 0.455. The summed E-state index contributed by atoms with van der Waals surface area (Å²) in [7, 11) is -3.63. The number of benzene rings is 1. The molecule has 1 aliphatic rings. The van der Waals surface area contributed by atoms with Crippen molar-refractivity contribution >= 4 is 10.0 Å². The van der Waals surface area contributed by atoms with Gasteiger partial charge in [0.05, 0.1) is 4.90 Å². The Morgan fingerprint density at radius 1 is 1.41 bits per heavy atom. The predicted molar refractivity (Wildman–Crippen MR) is 62.5 cm³/mol. The van der Waals surface area contributed by atoms with Gasteiger partial charge in [-0.2, -0.15) is 0 Å². The number of halogens is 1. The van der Waals surface area contributed by atoms with Crippen LogP contribution >= 0.6 is 0 Å². The van der Waals surface area contributed by atoms with Crippen LogP contribution in [0.1, 0.15) is 18.4 Å². The molecule has 0 atom stereocenters. The van der Waals surface area contributed by atoms with Gasteiger partial charge in [0.25, 0.3) is 0 Å². The van der Waals surface area contributed by atoms with Gasteiger partial charge in [0.1, 0.15) is 5.82 Å². The minimum absolute atomic E-state index is 0.0407. The number of sulfonamides is 1. The molecule has 1 fully saturated rings. The first-order valence-corrected chi connectivity index (χ1v) is 6.91. The fourth-order valence-electron chi connectivity index (χ4n) is 1.79. The molecule has 0 amide bonds. The second kappa shape index (κ2) is 4.36. The molecule has 17 heavy (non-hydrogen) atoms. The van der Waals surface area contributed by atoms with Crippen molar-refractivity contribution in [2.75, 3.05) is 0 Å². The summed E-state index contributed by atoms with van der Waals surface area (Å²) in [6.45, 7) is 1.59. The quantitative estimate of drug-likeness (QED) is 0.846. The zero-order valence-electron chi connectivity index (χ0n) is 9.48. The van der Waals surface area contributed by atoms with Crippen molar-refractivity contribution < 1.29 is 12.8 Å². The number of nitrogens with one attached hydrogen (secondary N) is 1. The molecule has 2 rings (SSSR count). The third-order valence-electron chi connectivity index (χ3n) is 2.95. The average Bonchev–Trinajstić information content (AvgIpc) is 2.19. The molecule has 1 aromatic carbocycles. The van der Waals surface area contributed by atoms with Gasteiger partial charge >= 0.3 is 0 Å². The molecule has 94 valence electrons. The van der Waals surface area contributed by atoms with Gasteiger partial charge in [-0.05, 0) is 37.5 Å². The molecule has 6 heteroatoms. The summed E-state index contributed by atoms with van der Waals surface area (Å²) in [5.41, 5.74) is 6.00. The maximum Gasteiger partial charge on any atom is 0.240 e. The van der Waals surface area contributed by atoms with Crippen LogP contribution in [0.5, 0.6) is 0 Å². The normalized spacial score (nSPS) is 24.4. The maximum absolute atomic E-state index is 13.3. The fourth-order valence-corrected chi connectivity index (χ4v) is 3.06. The molecule has 1 saturated carbocycles. The lowest BCUT2D eigenvalue weighted by Gasteiger charge is -2.32. The Kier molecular flexibility index (Phi) is 3.20. The van der Waals surface area contributed by atoms with Crippen LogP contribution in [-0.4, -0.2) is 20.5 Å². The topological polar surface area (TPSA) is 72.2 Å². The van der Waals surface area contributed by atoms with E-state index in [4.69, 9.17) is 5.73 Å². The van der Waals surface area contributed by atoms with Crippen molar-refractivity contribution in [3.63, 3.8) is 0 Å². The number of hydrogen-bond acceptors (Lipinski definition) is 3. The molecule has 4 nitrogen and oxygen atoms in total. The number of rotatable bonds is 3. The van der Waals surface area contributed by atoms with Gasteiger partial charge in [-0.15, -0.1) is 0 Å². The van der Waals surface area contributed by atoms with E-state index in [1.54, 1.807) is 6.92 Å². The SMILES string of the molecule is Cc1ccc(S(=O)(=O)NC2CC(N)C2)cc1F. The van der Waals surface area contributed by atoms with E-state index in [1.165, 1.54) is 12.1 Å². The molecule has 0 aromatic heterocycles. The lowest BCUT2D eigenvalue weighted by Crippen LogP contribution is -2.50. The van der Waals surface area contributed by atoms with Crippen molar-refractivity contribution in [2.24, 2.45) is 5.73 Å². The monoisotopic (exact) mass is 258 g/mol. The van der Waals surface area contributed by atoms with Crippen LogP contribution in [0.25, 0.3) is 0 Å². The summed E-state index contributed by atoms with van der Waals surface area (Å²) < 4.78 is 39.6. The average molecular weight is 258 g/mol. The van der Waals surface area contributed by atoms with Crippen LogP contribution in [0.2, 0.25) is 0 Å². The van der Waals surface area contributed by atoms with Gasteiger partial charge in [0.2, 0.25) is 10.0 Å². The van der Waals surface area contributed by atoms with E-state index in [9.17, 15) is 12.8 Å². The first-order valence-electron chi connectivity index (χ1n) is 5.42. The Hall–Kier alpha value is -0.980. The minimum Gasteiger partial charge on any atom is -0.328 e. The van der Waals surface area contributed by atoms with Gasteiger partial charge in [0, 0.05) is 12.1 Å². The number of hydrogen-bond donors (Lipinski definition) is 2. The Balaban J connectivity index is 2.17. The molecule has 1 aromatic rings. The largest absolute Gasteiger partial charge is 0.328 e. The summed E-state index contributed by atoms with van der Waals surface area (Å²) in [6, 6.07) is 3.84. The first kappa shape index (κ1) is 12.5. The molecule has 0 spiro atoms. The Labute approximate surface area is 100 Å². The Morgan fingerprint density at radius 3 is 2.59 bits per heavy atom. The van der Waals surface area contributed by atoms with E-state index < -0.39 is 15.8 Å². The maximum atomic E-state index is 13.3. The molecule has 1 aliphatic carbocycles. The molecule has 0 saturated heterocycles. The second-order valence-electron chi connectivity index (χ2n) is 4.46. The third kappa shape index (κ3) is 2.65. The summed E-state index contributed by atoms with van der Waals surface area (Å²) in [6.07, 6.45) is 1.27. The van der Waals surface area contributed by atoms with Crippen molar-refractivity contribution in [3.05, 3.63) is 29.6 Å². The van der Waals surface area contributed by atoms with Crippen LogP contribution < -0.4 is 10.5 Å². The molecule has 0 aliphatic heterocycles. The lowest BCUT2D eigenvalue weighted by atomic mass is 9.89. The third-order valence-corrected chi connectivity index (χ3v) is 4.47. The standard InChI is InChI=1S/C11H15FN2O2S/c1-7-2-3-10(6-11(7)12)17(15,16)14-9-4-8(13)5-9/h2-3,6,8-9,14H,4-5,13H2,1H3. The second-order valence-corrected chi connectivity index (χ2v) is 6.17. The van der Waals surface area contributed by atoms with Crippen molar-refractivity contribution in [3.8, 4) is 0 Å². The zero-order chi connectivity index (χ0) is 12.6. The highest BCUT2D eigenvalue weighted by atomic mass is 32.2. The van der Waals surface area contributed by atoms with Gasteiger partial charge < -0.3 is 5.73 Å². The van der Waals surface area contributed by atoms with E-state index >= 15 is 0 Å². The van der Waals surface area contributed by atoms with Crippen LogP contribution in [0, 0.1) is 12.7 Å². The number of aryl methyl sites for hydroxylation is 1. The Morgan fingerprint density at radius 2 is 2.06 bits per heavy atom. The molecule has 0 bridgehead atoms. The van der Waals surface area contributed by atoms with E-state index in [2.05, 4.69) is 4.72 Å². The highest BCUT2D eigenvalue weighted by Gasteiger charge is 2.30. The summed E-state index contributed by atoms with van der Waals surface area (Å²) in [5.74, 6) is -0.516. The van der Waals surface area contributed by atoms with E-state index in [-0.39, 0.29) is 17.0 Å². The molecule has 0 heterocycles. The zero-order valence-corrected chi connectivity index (χ0v) is 10.3. The molecule has 0 radical (unpaired) electrons. The van der Waals surface area contributed by atoms with Crippen molar-refractivity contribution in [1.29, 1.82) is 0 Å². The molecular weight excluding hydrogens is 243 g/mol. The molecule has 0 unspecified atom stereocenters. The van der Waals surface area contributed by atoms with E-state index in [0.29, 0.717) is 18.4 Å². The van der Waals surface area contributed by atoms with E-state index in [1.807, 2.05) is 0 Å². The summed E-state index contributed by atoms with van der Waals surface area (Å²) in [5, 5.41) is 0. The lowest BCUT2D eigenvalue weighted by molar-refractivity contribution is 0.327. The van der Waals surface area contributed by atoms with Gasteiger partial charge in [-0.25, -0.2) is 17.5 Å². The minimum atomic E-state index is -3.63. The predicted octanol–water partition coefficient (Wildman–Crippen LogP) is 0.902. The van der Waals surface area contributed by atoms with Crippen LogP contribution in [0.15, 0.2) is 23.1 Å². The highest BCUT2D eigenvalue weighted by molar-refractivity contribution is 7.89. The van der Waals surface area contributed by atoms with Crippen LogP contribution in [0.3, 0.4) is 0 Å². The van der Waals surface area contributed by atoms with Crippen molar-refractivity contribution in [1.82, 2.24) is 4.72 Å². The van der Waals surface area contributed by atoms with Crippen LogP contribution in [0.4, 0.5) is 4.39 Å². The van der Waals surface area contributed by atoms with Crippen LogP contribution in [-0.2, 0) is 10.0 Å². The first-order chi connectivity index (χ1) is 7.88. The van der Waals surface area contributed by atoms with Crippen molar-refractivity contribution in [2.45, 2.75) is 36.7 Å².